The van der Waals surface area contributed by atoms with E-state index in [1.54, 1.807) is 35.2 Å². The molecule has 1 N–H and O–H groups in total. The monoisotopic (exact) mass is 357 g/mol. The summed E-state index contributed by atoms with van der Waals surface area (Å²) in [7, 11) is -1.82. The number of amides is 1. The van der Waals surface area contributed by atoms with Gasteiger partial charge in [-0.1, -0.05) is 54.6 Å². The molecule has 2 unspecified atom stereocenters. The van der Waals surface area contributed by atoms with Crippen molar-refractivity contribution in [3.8, 4) is 0 Å². The molecule has 0 radical (unpaired) electrons. The van der Waals surface area contributed by atoms with Gasteiger partial charge in [0.15, 0.2) is 5.25 Å². The highest BCUT2D eigenvalue weighted by Gasteiger charge is 2.30. The van der Waals surface area contributed by atoms with E-state index < -0.39 is 22.0 Å². The van der Waals surface area contributed by atoms with E-state index in [1.165, 1.54) is 5.56 Å². The normalized spacial score (nSPS) is 15.9. The van der Waals surface area contributed by atoms with Crippen LogP contribution in [-0.2, 0) is 33.4 Å². The van der Waals surface area contributed by atoms with Gasteiger partial charge in [0.25, 0.3) is 0 Å². The van der Waals surface area contributed by atoms with E-state index in [0.29, 0.717) is 18.7 Å². The maximum absolute atomic E-state index is 12.6. The van der Waals surface area contributed by atoms with Crippen LogP contribution in [-0.4, -0.2) is 38.4 Å². The number of fused-ring (bicyclic) bond motifs is 1. The van der Waals surface area contributed by atoms with Gasteiger partial charge >= 0.3 is 5.97 Å². The standard InChI is InChI=1S/C19H19NO4S/c21-17(20-11-10-14-6-4-5-9-16(14)12-20)13-25(24)18(19(22)23)15-7-2-1-3-8-15/h1-9,18H,10-13H2,(H,22,23). The minimum Gasteiger partial charge on any atom is -0.480 e. The molecule has 0 aromatic heterocycles. The molecule has 2 atom stereocenters. The molecule has 130 valence electrons. The van der Waals surface area contributed by atoms with Crippen LogP contribution in [0.3, 0.4) is 0 Å². The number of carbonyl (C=O) groups is 2. The maximum Gasteiger partial charge on any atom is 0.323 e. The summed E-state index contributed by atoms with van der Waals surface area (Å²) in [6.07, 6.45) is 0.760. The third-order valence-corrected chi connectivity index (χ3v) is 5.87. The summed E-state index contributed by atoms with van der Waals surface area (Å²) < 4.78 is 12.6. The van der Waals surface area contributed by atoms with E-state index in [2.05, 4.69) is 0 Å². The Morgan fingerprint density at radius 3 is 2.36 bits per heavy atom. The molecule has 6 heteroatoms. The van der Waals surface area contributed by atoms with Gasteiger partial charge < -0.3 is 10.0 Å². The van der Waals surface area contributed by atoms with Crippen LogP contribution in [0.15, 0.2) is 54.6 Å². The van der Waals surface area contributed by atoms with Gasteiger partial charge in [0.1, 0.15) is 5.75 Å². The molecule has 0 aliphatic carbocycles. The van der Waals surface area contributed by atoms with E-state index in [4.69, 9.17) is 0 Å². The molecule has 1 aliphatic heterocycles. The third-order valence-electron chi connectivity index (χ3n) is 4.34. The molecule has 2 aromatic carbocycles. The molecule has 1 aliphatic rings. The van der Waals surface area contributed by atoms with Crippen molar-refractivity contribution in [1.29, 1.82) is 0 Å². The van der Waals surface area contributed by atoms with Gasteiger partial charge in [-0.25, -0.2) is 0 Å². The number of rotatable bonds is 5. The van der Waals surface area contributed by atoms with Gasteiger partial charge in [0.2, 0.25) is 5.91 Å². The Morgan fingerprint density at radius 2 is 1.68 bits per heavy atom. The molecule has 0 fully saturated rings. The van der Waals surface area contributed by atoms with Crippen LogP contribution in [0.1, 0.15) is 21.9 Å². The van der Waals surface area contributed by atoms with Crippen LogP contribution in [0.2, 0.25) is 0 Å². The van der Waals surface area contributed by atoms with Crippen LogP contribution in [0, 0.1) is 0 Å². The molecule has 25 heavy (non-hydrogen) atoms. The van der Waals surface area contributed by atoms with Gasteiger partial charge in [-0.2, -0.15) is 0 Å². The summed E-state index contributed by atoms with van der Waals surface area (Å²) in [4.78, 5) is 25.7. The van der Waals surface area contributed by atoms with Crippen LogP contribution >= 0.6 is 0 Å². The highest BCUT2D eigenvalue weighted by molar-refractivity contribution is 7.86. The van der Waals surface area contributed by atoms with Gasteiger partial charge in [-0.3, -0.25) is 13.8 Å². The summed E-state index contributed by atoms with van der Waals surface area (Å²) in [5.74, 6) is -1.73. The van der Waals surface area contributed by atoms with Crippen molar-refractivity contribution in [1.82, 2.24) is 4.90 Å². The van der Waals surface area contributed by atoms with Crippen LogP contribution < -0.4 is 0 Å². The van der Waals surface area contributed by atoms with E-state index in [0.717, 1.165) is 12.0 Å². The molecule has 1 heterocycles. The first-order valence-corrected chi connectivity index (χ1v) is 9.44. The quantitative estimate of drug-likeness (QED) is 0.890. The summed E-state index contributed by atoms with van der Waals surface area (Å²) in [5.41, 5.74) is 2.76. The van der Waals surface area contributed by atoms with E-state index in [-0.39, 0.29) is 11.7 Å². The Kier molecular flexibility index (Phi) is 5.28. The SMILES string of the molecule is O=C(O)C(c1ccccc1)S(=O)CC(=O)N1CCc2ccccc2C1. The summed E-state index contributed by atoms with van der Waals surface area (Å²) >= 11 is 0. The Bertz CT molecular complexity index is 806. The minimum atomic E-state index is -1.82. The van der Waals surface area contributed by atoms with Crippen molar-refractivity contribution < 1.29 is 18.9 Å². The highest BCUT2D eigenvalue weighted by atomic mass is 32.2. The summed E-state index contributed by atoms with van der Waals surface area (Å²) in [6.45, 7) is 1.05. The number of carbonyl (C=O) groups excluding carboxylic acids is 1. The van der Waals surface area contributed by atoms with Crippen LogP contribution in [0.5, 0.6) is 0 Å². The molecule has 0 saturated carbocycles. The van der Waals surface area contributed by atoms with Crippen LogP contribution in [0.4, 0.5) is 0 Å². The first kappa shape index (κ1) is 17.4. The van der Waals surface area contributed by atoms with Gasteiger partial charge in [0, 0.05) is 23.9 Å². The number of carboxylic acid groups (broad SMARTS) is 1. The second-order valence-corrected chi connectivity index (χ2v) is 7.51. The number of nitrogens with zero attached hydrogens (tertiary/aromatic N) is 1. The van der Waals surface area contributed by atoms with Crippen molar-refractivity contribution in [2.24, 2.45) is 0 Å². The summed E-state index contributed by atoms with van der Waals surface area (Å²) in [6, 6.07) is 16.3. The largest absolute Gasteiger partial charge is 0.480 e. The molecule has 3 rings (SSSR count). The average Bonchev–Trinajstić information content (AvgIpc) is 2.62. The lowest BCUT2D eigenvalue weighted by atomic mass is 10.00. The fourth-order valence-electron chi connectivity index (χ4n) is 3.04. The topological polar surface area (TPSA) is 74.7 Å². The average molecular weight is 357 g/mol. The second-order valence-electron chi connectivity index (χ2n) is 5.99. The van der Waals surface area contributed by atoms with E-state index in [9.17, 15) is 18.9 Å². The minimum absolute atomic E-state index is 0.269. The Balaban J connectivity index is 1.70. The summed E-state index contributed by atoms with van der Waals surface area (Å²) in [5, 5.41) is 8.24. The predicted octanol–water partition coefficient (Wildman–Crippen LogP) is 2.15. The first-order chi connectivity index (χ1) is 12.1. The first-order valence-electron chi connectivity index (χ1n) is 8.06. The fraction of sp³-hybridized carbons (Fsp3) is 0.263. The molecule has 0 spiro atoms. The van der Waals surface area contributed by atoms with Gasteiger partial charge in [-0.15, -0.1) is 0 Å². The Hall–Kier alpha value is -2.47. The fourth-order valence-corrected chi connectivity index (χ4v) is 4.32. The number of aliphatic carboxylic acids is 1. The Labute approximate surface area is 148 Å². The van der Waals surface area contributed by atoms with Gasteiger partial charge in [-0.05, 0) is 23.1 Å². The zero-order valence-corrected chi connectivity index (χ0v) is 14.4. The van der Waals surface area contributed by atoms with Crippen molar-refractivity contribution in [2.75, 3.05) is 12.3 Å². The third kappa shape index (κ3) is 3.96. The lowest BCUT2D eigenvalue weighted by Crippen LogP contribution is -2.39. The lowest BCUT2D eigenvalue weighted by Gasteiger charge is -2.29. The molecule has 5 nitrogen and oxygen atoms in total. The molecule has 0 bridgehead atoms. The predicted molar refractivity (Wildman–Crippen MR) is 95.4 cm³/mol. The van der Waals surface area contributed by atoms with Crippen molar-refractivity contribution in [2.45, 2.75) is 18.2 Å². The van der Waals surface area contributed by atoms with Crippen molar-refractivity contribution in [3.63, 3.8) is 0 Å². The molecule has 0 saturated heterocycles. The molecular formula is C19H19NO4S. The van der Waals surface area contributed by atoms with Gasteiger partial charge in [0.05, 0.1) is 0 Å². The molecular weight excluding hydrogens is 338 g/mol. The number of hydrogen-bond donors (Lipinski definition) is 1. The number of benzene rings is 2. The zero-order chi connectivity index (χ0) is 17.8. The molecule has 1 amide bonds. The highest BCUT2D eigenvalue weighted by Crippen LogP contribution is 2.22. The van der Waals surface area contributed by atoms with E-state index >= 15 is 0 Å². The maximum atomic E-state index is 12.6. The Morgan fingerprint density at radius 1 is 1.04 bits per heavy atom. The van der Waals surface area contributed by atoms with E-state index in [1.807, 2.05) is 24.3 Å². The lowest BCUT2D eigenvalue weighted by molar-refractivity contribution is -0.136. The molecule has 2 aromatic rings. The number of carboxylic acids is 1. The van der Waals surface area contributed by atoms with Crippen LogP contribution in [0.25, 0.3) is 0 Å². The van der Waals surface area contributed by atoms with Crippen molar-refractivity contribution >= 4 is 22.7 Å². The second kappa shape index (κ2) is 7.61. The smallest absolute Gasteiger partial charge is 0.323 e. The zero-order valence-electron chi connectivity index (χ0n) is 13.6. The van der Waals surface area contributed by atoms with Crippen molar-refractivity contribution in [3.05, 3.63) is 71.3 Å². The number of hydrogen-bond acceptors (Lipinski definition) is 3.